The molecule has 150 valence electrons. The number of nitrogens with zero attached hydrogens (tertiary/aromatic N) is 2. The Balaban J connectivity index is 1.57. The van der Waals surface area contributed by atoms with E-state index in [1.165, 1.54) is 33.8 Å². The van der Waals surface area contributed by atoms with Crippen LogP contribution in [0.3, 0.4) is 0 Å². The zero-order valence-corrected chi connectivity index (χ0v) is 16.1. The topological polar surface area (TPSA) is 106 Å². The Labute approximate surface area is 167 Å². The number of nitroso groups, excluding NO2 is 1. The zero-order valence-electron chi connectivity index (χ0n) is 16.1. The zero-order chi connectivity index (χ0) is 20.5. The maximum atomic E-state index is 11.6. The number of pyridine rings is 1. The third-order valence-corrected chi connectivity index (χ3v) is 5.74. The van der Waals surface area contributed by atoms with Gasteiger partial charge in [-0.25, -0.2) is 0 Å². The molecule has 7 heteroatoms. The Morgan fingerprint density at radius 1 is 1.17 bits per heavy atom. The second-order valence-electron chi connectivity index (χ2n) is 7.52. The van der Waals surface area contributed by atoms with Crippen LogP contribution in [0.15, 0.2) is 52.5 Å². The number of hydrogen-bond donors (Lipinski definition) is 3. The predicted octanol–water partition coefficient (Wildman–Crippen LogP) is 2.98. The van der Waals surface area contributed by atoms with Crippen LogP contribution in [0.2, 0.25) is 0 Å². The summed E-state index contributed by atoms with van der Waals surface area (Å²) in [4.78, 5) is 25.7. The summed E-state index contributed by atoms with van der Waals surface area (Å²) < 4.78 is 0. The average Bonchev–Trinajstić information content (AvgIpc) is 3.15. The van der Waals surface area contributed by atoms with Gasteiger partial charge in [-0.1, -0.05) is 31.2 Å². The number of benzene rings is 2. The number of H-pyrrole nitrogens is 1. The minimum Gasteiger partial charge on any atom is -0.506 e. The third kappa shape index (κ3) is 3.61. The van der Waals surface area contributed by atoms with Gasteiger partial charge in [0.15, 0.2) is 0 Å². The van der Waals surface area contributed by atoms with Gasteiger partial charge in [-0.05, 0) is 53.6 Å². The highest BCUT2D eigenvalue weighted by Crippen LogP contribution is 2.31. The number of nitrogens with one attached hydrogen (secondary N) is 1. The summed E-state index contributed by atoms with van der Waals surface area (Å²) in [6.45, 7) is 2.14. The van der Waals surface area contributed by atoms with Gasteiger partial charge in [-0.3, -0.25) is 9.80 Å². The lowest BCUT2D eigenvalue weighted by Crippen LogP contribution is -2.34. The predicted molar refractivity (Wildman–Crippen MR) is 111 cm³/mol. The molecule has 0 bridgehead atoms. The maximum Gasteiger partial charge on any atom is 0.248 e. The van der Waals surface area contributed by atoms with Crippen molar-refractivity contribution in [2.75, 3.05) is 6.54 Å². The number of aromatic amines is 1. The van der Waals surface area contributed by atoms with Crippen LogP contribution >= 0.6 is 0 Å². The van der Waals surface area contributed by atoms with Gasteiger partial charge in [0, 0.05) is 11.5 Å². The van der Waals surface area contributed by atoms with Crippen molar-refractivity contribution in [1.82, 2.24) is 9.99 Å². The largest absolute Gasteiger partial charge is 0.506 e. The number of aliphatic hydroxyl groups excluding tert-OH is 1. The molecular formula is C22H23N3O4. The highest BCUT2D eigenvalue weighted by Gasteiger charge is 2.29. The highest BCUT2D eigenvalue weighted by atomic mass is 16.3. The Bertz CT molecular complexity index is 1120. The molecule has 1 aliphatic rings. The first-order chi connectivity index (χ1) is 14.0. The maximum absolute atomic E-state index is 11.6. The number of hydrogen-bond acceptors (Lipinski definition) is 5. The summed E-state index contributed by atoms with van der Waals surface area (Å²) in [5.41, 5.74) is 4.14. The molecule has 0 spiro atoms. The van der Waals surface area contributed by atoms with E-state index >= 15 is 0 Å². The first kappa shape index (κ1) is 19.1. The minimum atomic E-state index is -1.00. The molecule has 2 atom stereocenters. The highest BCUT2D eigenvalue weighted by molar-refractivity contribution is 5.87. The van der Waals surface area contributed by atoms with E-state index in [0.29, 0.717) is 23.8 Å². The molecule has 1 aliphatic carbocycles. The number of aryl methyl sites for hydroxylation is 1. The third-order valence-electron chi connectivity index (χ3n) is 5.74. The lowest BCUT2D eigenvalue weighted by Gasteiger charge is -2.25. The van der Waals surface area contributed by atoms with Crippen LogP contribution in [0.25, 0.3) is 10.9 Å². The van der Waals surface area contributed by atoms with E-state index in [1.807, 2.05) is 0 Å². The molecule has 3 aromatic rings. The van der Waals surface area contributed by atoms with Crippen molar-refractivity contribution in [1.29, 1.82) is 0 Å². The lowest BCUT2D eigenvalue weighted by atomic mass is 10.0. The van der Waals surface area contributed by atoms with Crippen LogP contribution < -0.4 is 5.56 Å². The molecule has 2 unspecified atom stereocenters. The quantitative estimate of drug-likeness (QED) is 0.441. The summed E-state index contributed by atoms with van der Waals surface area (Å²) in [7, 11) is 0. The van der Waals surface area contributed by atoms with E-state index in [9.17, 15) is 19.9 Å². The van der Waals surface area contributed by atoms with Crippen LogP contribution in [0.4, 0.5) is 0 Å². The fourth-order valence-corrected chi connectivity index (χ4v) is 4.15. The summed E-state index contributed by atoms with van der Waals surface area (Å²) in [5, 5.41) is 26.0. The molecule has 3 N–H and O–H groups in total. The van der Waals surface area contributed by atoms with E-state index in [-0.39, 0.29) is 29.4 Å². The van der Waals surface area contributed by atoms with Crippen molar-refractivity contribution in [2.45, 2.75) is 38.3 Å². The fraction of sp³-hybridized carbons (Fsp3) is 0.318. The Morgan fingerprint density at radius 2 is 1.97 bits per heavy atom. The molecular weight excluding hydrogens is 370 g/mol. The summed E-state index contributed by atoms with van der Waals surface area (Å²) >= 11 is 0. The fourth-order valence-electron chi connectivity index (χ4n) is 4.15. The van der Waals surface area contributed by atoms with E-state index in [2.05, 4.69) is 35.4 Å². The second-order valence-corrected chi connectivity index (χ2v) is 7.52. The van der Waals surface area contributed by atoms with Crippen LogP contribution in [0.5, 0.6) is 5.75 Å². The standard InChI is InChI=1S/C22H23N3O4/c1-2-13-3-4-14-10-16(11-15(14)9-13)25(24-29)12-20(27)17-5-7-19(26)22-18(17)6-8-21(28)23-22/h3-9,16,20,26-27H,2,10-12H2,1H3,(H,23,28). The number of aliphatic hydroxyl groups is 1. The summed E-state index contributed by atoms with van der Waals surface area (Å²) in [5.74, 6) is -0.0722. The number of aromatic nitrogens is 1. The molecule has 4 rings (SSSR count). The van der Waals surface area contributed by atoms with Crippen molar-refractivity contribution in [3.05, 3.63) is 80.0 Å². The summed E-state index contributed by atoms with van der Waals surface area (Å²) in [6.07, 6.45) is 1.38. The summed E-state index contributed by atoms with van der Waals surface area (Å²) in [6, 6.07) is 12.2. The molecule has 29 heavy (non-hydrogen) atoms. The normalized spacial score (nSPS) is 16.6. The Kier molecular flexibility index (Phi) is 5.07. The van der Waals surface area contributed by atoms with Crippen molar-refractivity contribution in [3.63, 3.8) is 0 Å². The number of phenols is 1. The van der Waals surface area contributed by atoms with Gasteiger partial charge >= 0.3 is 0 Å². The van der Waals surface area contributed by atoms with E-state index in [1.54, 1.807) is 12.1 Å². The van der Waals surface area contributed by atoms with Gasteiger partial charge in [-0.2, -0.15) is 0 Å². The minimum absolute atomic E-state index is 0.0296. The second kappa shape index (κ2) is 7.67. The molecule has 0 aliphatic heterocycles. The molecule has 0 radical (unpaired) electrons. The average molecular weight is 393 g/mol. The van der Waals surface area contributed by atoms with E-state index < -0.39 is 6.10 Å². The lowest BCUT2D eigenvalue weighted by molar-refractivity contribution is 0.0905. The Hall–Kier alpha value is -3.19. The van der Waals surface area contributed by atoms with Gasteiger partial charge in [0.25, 0.3) is 0 Å². The number of phenolic OH excluding ortho intramolecular Hbond substituents is 1. The number of aromatic hydroxyl groups is 1. The molecule has 2 aromatic carbocycles. The number of rotatable bonds is 6. The molecule has 0 saturated carbocycles. The molecule has 0 fully saturated rings. The molecule has 0 amide bonds. The van der Waals surface area contributed by atoms with Gasteiger partial charge in [0.1, 0.15) is 5.75 Å². The van der Waals surface area contributed by atoms with Gasteiger partial charge in [0.05, 0.1) is 29.5 Å². The van der Waals surface area contributed by atoms with Gasteiger partial charge < -0.3 is 15.2 Å². The Morgan fingerprint density at radius 3 is 2.72 bits per heavy atom. The van der Waals surface area contributed by atoms with E-state index in [4.69, 9.17) is 0 Å². The SMILES string of the molecule is CCc1ccc2c(c1)CC(N(CC(O)c1ccc(O)c3[nH]c(=O)ccc13)N=O)C2. The molecule has 1 heterocycles. The molecule has 0 saturated heterocycles. The first-order valence-electron chi connectivity index (χ1n) is 9.73. The van der Waals surface area contributed by atoms with Gasteiger partial charge in [-0.15, -0.1) is 4.91 Å². The van der Waals surface area contributed by atoms with Crippen molar-refractivity contribution in [3.8, 4) is 5.75 Å². The van der Waals surface area contributed by atoms with Crippen molar-refractivity contribution >= 4 is 10.9 Å². The number of fused-ring (bicyclic) bond motifs is 2. The van der Waals surface area contributed by atoms with Crippen LogP contribution in [-0.4, -0.2) is 32.8 Å². The molecule has 7 nitrogen and oxygen atoms in total. The first-order valence-corrected chi connectivity index (χ1v) is 9.73. The monoisotopic (exact) mass is 393 g/mol. The van der Waals surface area contributed by atoms with E-state index in [0.717, 1.165) is 6.42 Å². The van der Waals surface area contributed by atoms with Crippen LogP contribution in [-0.2, 0) is 19.3 Å². The molecule has 1 aromatic heterocycles. The smallest absolute Gasteiger partial charge is 0.248 e. The van der Waals surface area contributed by atoms with Crippen LogP contribution in [0.1, 0.15) is 35.3 Å². The van der Waals surface area contributed by atoms with Crippen LogP contribution in [0, 0.1) is 4.91 Å². The van der Waals surface area contributed by atoms with Crippen molar-refractivity contribution in [2.24, 2.45) is 5.29 Å². The van der Waals surface area contributed by atoms with Gasteiger partial charge in [0.2, 0.25) is 5.56 Å². The van der Waals surface area contributed by atoms with Crippen molar-refractivity contribution < 1.29 is 10.2 Å².